The van der Waals surface area contributed by atoms with E-state index < -0.39 is 0 Å². The highest BCUT2D eigenvalue weighted by molar-refractivity contribution is 7.26. The average molecular weight is 298 g/mol. The van der Waals surface area contributed by atoms with Gasteiger partial charge < -0.3 is 4.74 Å². The lowest BCUT2D eigenvalue weighted by atomic mass is 10.1. The van der Waals surface area contributed by atoms with Crippen LogP contribution in [0.15, 0.2) is 42.6 Å². The number of thiophene rings is 1. The summed E-state index contributed by atoms with van der Waals surface area (Å²) in [5.74, 6) is 0.625. The first-order chi connectivity index (χ1) is 10.2. The first-order valence-corrected chi connectivity index (χ1v) is 7.47. The van der Waals surface area contributed by atoms with E-state index in [0.29, 0.717) is 0 Å². The number of ether oxygens (including phenoxy) is 1. The van der Waals surface area contributed by atoms with Crippen LogP contribution in [-0.2, 0) is 7.05 Å². The summed E-state index contributed by atoms with van der Waals surface area (Å²) in [6, 6.07) is 11.0. The summed E-state index contributed by atoms with van der Waals surface area (Å²) in [6.45, 7) is 0. The molecule has 0 amide bonds. The fourth-order valence-electron chi connectivity index (χ4n) is 2.84. The standard InChI is InChI=1S/C17H13FNOS/c1-19-9-16-17(12-5-4-11(20-2)8-14(12)19)13-7-10(18)3-6-15(13)21-16/h3-9H,1-2H3/q+1. The van der Waals surface area contributed by atoms with Gasteiger partial charge in [0.15, 0.2) is 6.20 Å². The van der Waals surface area contributed by atoms with Crippen molar-refractivity contribution < 1.29 is 13.7 Å². The molecule has 104 valence electrons. The van der Waals surface area contributed by atoms with Gasteiger partial charge in [0.25, 0.3) is 0 Å². The molecule has 2 nitrogen and oxygen atoms in total. The maximum Gasteiger partial charge on any atom is 0.216 e. The molecule has 2 aromatic carbocycles. The van der Waals surface area contributed by atoms with Crippen LogP contribution in [0.2, 0.25) is 0 Å². The minimum Gasteiger partial charge on any atom is -0.497 e. The van der Waals surface area contributed by atoms with Gasteiger partial charge in [-0.05, 0) is 30.3 Å². The lowest BCUT2D eigenvalue weighted by Gasteiger charge is -2.03. The molecule has 0 aliphatic carbocycles. The first-order valence-electron chi connectivity index (χ1n) is 6.65. The van der Waals surface area contributed by atoms with E-state index in [2.05, 4.69) is 10.8 Å². The second kappa shape index (κ2) is 4.40. The van der Waals surface area contributed by atoms with Crippen LogP contribution in [0.5, 0.6) is 5.75 Å². The normalized spacial score (nSPS) is 11.6. The van der Waals surface area contributed by atoms with Gasteiger partial charge >= 0.3 is 0 Å². The third-order valence-corrected chi connectivity index (χ3v) is 4.95. The molecular formula is C17H13FNOS+. The lowest BCUT2D eigenvalue weighted by molar-refractivity contribution is -0.643. The third kappa shape index (κ3) is 1.79. The molecular weight excluding hydrogens is 285 g/mol. The van der Waals surface area contributed by atoms with Crippen LogP contribution in [0.4, 0.5) is 4.39 Å². The first kappa shape index (κ1) is 12.5. The molecule has 0 saturated carbocycles. The van der Waals surface area contributed by atoms with Crippen LogP contribution >= 0.6 is 11.3 Å². The van der Waals surface area contributed by atoms with Gasteiger partial charge in [-0.25, -0.2) is 4.39 Å². The molecule has 4 aromatic rings. The van der Waals surface area contributed by atoms with E-state index in [1.54, 1.807) is 24.5 Å². The highest BCUT2D eigenvalue weighted by atomic mass is 32.1. The number of nitrogens with zero attached hydrogens (tertiary/aromatic N) is 1. The van der Waals surface area contributed by atoms with Gasteiger partial charge in [0.1, 0.15) is 23.3 Å². The Morgan fingerprint density at radius 2 is 1.90 bits per heavy atom. The van der Waals surface area contributed by atoms with Crippen LogP contribution in [-0.4, -0.2) is 7.11 Å². The van der Waals surface area contributed by atoms with Gasteiger partial charge in [-0.1, -0.05) is 0 Å². The van der Waals surface area contributed by atoms with Crippen molar-refractivity contribution in [2.24, 2.45) is 7.05 Å². The summed E-state index contributed by atoms with van der Waals surface area (Å²) in [5.41, 5.74) is 1.07. The summed E-state index contributed by atoms with van der Waals surface area (Å²) < 4.78 is 23.3. The predicted molar refractivity (Wildman–Crippen MR) is 84.5 cm³/mol. The monoisotopic (exact) mass is 298 g/mol. The zero-order valence-electron chi connectivity index (χ0n) is 11.7. The van der Waals surface area contributed by atoms with Crippen LogP contribution in [0, 0.1) is 5.82 Å². The van der Waals surface area contributed by atoms with Crippen LogP contribution < -0.4 is 9.30 Å². The third-order valence-electron chi connectivity index (χ3n) is 3.84. The van der Waals surface area contributed by atoms with E-state index in [4.69, 9.17) is 4.74 Å². The van der Waals surface area contributed by atoms with Crippen LogP contribution in [0.3, 0.4) is 0 Å². The Hall–Kier alpha value is -2.20. The Bertz CT molecular complexity index is 1010. The smallest absolute Gasteiger partial charge is 0.216 e. The molecule has 0 saturated heterocycles. The molecule has 0 bridgehead atoms. The van der Waals surface area contributed by atoms with Gasteiger partial charge in [0.05, 0.1) is 18.6 Å². The molecule has 0 atom stereocenters. The highest BCUT2D eigenvalue weighted by Gasteiger charge is 2.16. The van der Waals surface area contributed by atoms with Crippen molar-refractivity contribution >= 4 is 42.4 Å². The molecule has 21 heavy (non-hydrogen) atoms. The van der Waals surface area contributed by atoms with Gasteiger partial charge in [-0.15, -0.1) is 11.3 Å². The van der Waals surface area contributed by atoms with Crippen molar-refractivity contribution in [2.45, 2.75) is 0 Å². The SMILES string of the molecule is COc1ccc2c3c(c[n+](C)c2c1)sc1ccc(F)cc13. The minimum absolute atomic E-state index is 0.197. The lowest BCUT2D eigenvalue weighted by Crippen LogP contribution is -2.28. The number of methoxy groups -OCH3 is 1. The van der Waals surface area contributed by atoms with E-state index in [1.165, 1.54) is 6.07 Å². The number of halogens is 1. The van der Waals surface area contributed by atoms with E-state index in [-0.39, 0.29) is 5.82 Å². The maximum atomic E-state index is 13.6. The van der Waals surface area contributed by atoms with Gasteiger partial charge in [0, 0.05) is 15.5 Å². The Labute approximate surface area is 125 Å². The molecule has 0 spiro atoms. The van der Waals surface area contributed by atoms with Crippen molar-refractivity contribution in [2.75, 3.05) is 7.11 Å². The van der Waals surface area contributed by atoms with Crippen LogP contribution in [0.1, 0.15) is 0 Å². The van der Waals surface area contributed by atoms with Crippen molar-refractivity contribution in [1.29, 1.82) is 0 Å². The summed E-state index contributed by atoms with van der Waals surface area (Å²) >= 11 is 1.69. The molecule has 4 rings (SSSR count). The fraction of sp³-hybridized carbons (Fsp3) is 0.118. The molecule has 4 heteroatoms. The van der Waals surface area contributed by atoms with Gasteiger partial charge in [-0.3, -0.25) is 0 Å². The van der Waals surface area contributed by atoms with Gasteiger partial charge in [-0.2, -0.15) is 4.57 Å². The zero-order chi connectivity index (χ0) is 14.6. The average Bonchev–Trinajstić information content (AvgIpc) is 2.84. The summed E-state index contributed by atoms with van der Waals surface area (Å²) in [7, 11) is 3.68. The Morgan fingerprint density at radius 3 is 2.71 bits per heavy atom. The number of aryl methyl sites for hydroxylation is 1. The van der Waals surface area contributed by atoms with Gasteiger partial charge in [0.2, 0.25) is 5.52 Å². The second-order valence-electron chi connectivity index (χ2n) is 5.10. The number of benzene rings is 2. The largest absolute Gasteiger partial charge is 0.497 e. The number of hydrogen-bond acceptors (Lipinski definition) is 2. The Balaban J connectivity index is 2.25. The van der Waals surface area contributed by atoms with Crippen molar-refractivity contribution in [1.82, 2.24) is 0 Å². The molecule has 2 aromatic heterocycles. The number of hydrogen-bond donors (Lipinski definition) is 0. The number of pyridine rings is 1. The molecule has 0 aliphatic rings. The summed E-state index contributed by atoms with van der Waals surface area (Å²) in [4.78, 5) is 0. The van der Waals surface area contributed by atoms with Crippen molar-refractivity contribution in [3.63, 3.8) is 0 Å². The number of aromatic nitrogens is 1. The molecule has 0 aliphatic heterocycles. The quantitative estimate of drug-likeness (QED) is 0.480. The molecule has 2 heterocycles. The minimum atomic E-state index is -0.197. The molecule has 0 fully saturated rings. The van der Waals surface area contributed by atoms with E-state index in [9.17, 15) is 4.39 Å². The summed E-state index contributed by atoms with van der Waals surface area (Å²) in [6.07, 6.45) is 2.10. The highest BCUT2D eigenvalue weighted by Crippen LogP contribution is 2.37. The van der Waals surface area contributed by atoms with E-state index in [1.807, 2.05) is 31.3 Å². The number of rotatable bonds is 1. The summed E-state index contributed by atoms with van der Waals surface area (Å²) in [5, 5.41) is 3.21. The molecule has 0 N–H and O–H groups in total. The van der Waals surface area contributed by atoms with Crippen LogP contribution in [0.25, 0.3) is 31.1 Å². The maximum absolute atomic E-state index is 13.6. The molecule has 0 radical (unpaired) electrons. The Morgan fingerprint density at radius 1 is 1.05 bits per heavy atom. The molecule has 0 unspecified atom stereocenters. The second-order valence-corrected chi connectivity index (χ2v) is 6.19. The Kier molecular flexibility index (Phi) is 2.62. The fourth-order valence-corrected chi connectivity index (χ4v) is 4.02. The van der Waals surface area contributed by atoms with Crippen molar-refractivity contribution in [3.05, 3.63) is 48.4 Å². The zero-order valence-corrected chi connectivity index (χ0v) is 12.5. The van der Waals surface area contributed by atoms with Crippen molar-refractivity contribution in [3.8, 4) is 5.75 Å². The number of fused-ring (bicyclic) bond motifs is 5. The van der Waals surface area contributed by atoms with E-state index >= 15 is 0 Å². The van der Waals surface area contributed by atoms with E-state index in [0.717, 1.165) is 36.8 Å². The predicted octanol–water partition coefficient (Wildman–Crippen LogP) is 4.18. The topological polar surface area (TPSA) is 13.1 Å².